The zero-order valence-electron chi connectivity index (χ0n) is 13.8. The Morgan fingerprint density at radius 2 is 2.00 bits per heavy atom. The van der Waals surface area contributed by atoms with Crippen LogP contribution in [0.2, 0.25) is 0 Å². The van der Waals surface area contributed by atoms with Gasteiger partial charge in [0.1, 0.15) is 17.2 Å². The van der Waals surface area contributed by atoms with Gasteiger partial charge in [-0.3, -0.25) is 10.1 Å². The summed E-state index contributed by atoms with van der Waals surface area (Å²) in [5.41, 5.74) is 0.492. The number of carbonyl (C=O) groups excluding carboxylic acids is 1. The van der Waals surface area contributed by atoms with Gasteiger partial charge in [-0.1, -0.05) is 5.10 Å². The highest BCUT2D eigenvalue weighted by atomic mass is 32.2. The van der Waals surface area contributed by atoms with Crippen LogP contribution in [-0.2, 0) is 14.6 Å². The van der Waals surface area contributed by atoms with Crippen LogP contribution < -0.4 is 10.1 Å². The smallest absolute Gasteiger partial charge is 0.322 e. The van der Waals surface area contributed by atoms with Crippen molar-refractivity contribution < 1.29 is 22.4 Å². The molecule has 0 unspecified atom stereocenters. The van der Waals surface area contributed by atoms with E-state index in [0.29, 0.717) is 11.4 Å². The molecule has 0 bridgehead atoms. The first-order valence-corrected chi connectivity index (χ1v) is 9.83. The van der Waals surface area contributed by atoms with Crippen molar-refractivity contribution in [1.29, 1.82) is 0 Å². The molecule has 9 nitrogen and oxygen atoms in total. The van der Waals surface area contributed by atoms with Crippen molar-refractivity contribution in [2.45, 2.75) is 11.8 Å². The van der Waals surface area contributed by atoms with Crippen LogP contribution in [0, 0.1) is 6.92 Å². The van der Waals surface area contributed by atoms with Gasteiger partial charge in [0, 0.05) is 5.38 Å². The first-order valence-electron chi connectivity index (χ1n) is 7.30. The number of hydrogen-bond acceptors (Lipinski definition) is 9. The molecule has 3 aromatic rings. The molecule has 0 atom stereocenters. The zero-order valence-corrected chi connectivity index (χ0v) is 15.4. The average Bonchev–Trinajstić information content (AvgIpc) is 3.23. The van der Waals surface area contributed by atoms with Gasteiger partial charge in [0.05, 0.1) is 17.0 Å². The Balaban J connectivity index is 1.67. The third-order valence-corrected chi connectivity index (χ3v) is 5.66. The largest absolute Gasteiger partial charge is 0.497 e. The third kappa shape index (κ3) is 4.06. The van der Waals surface area contributed by atoms with Crippen molar-refractivity contribution in [1.82, 2.24) is 15.2 Å². The molecule has 0 spiro atoms. The summed E-state index contributed by atoms with van der Waals surface area (Å²) in [7, 11) is -2.34. The number of methoxy groups -OCH3 is 1. The minimum atomic E-state index is -3.81. The van der Waals surface area contributed by atoms with Crippen LogP contribution in [0.5, 0.6) is 5.75 Å². The Labute approximate surface area is 153 Å². The van der Waals surface area contributed by atoms with E-state index in [-0.39, 0.29) is 16.8 Å². The normalized spacial score (nSPS) is 11.3. The summed E-state index contributed by atoms with van der Waals surface area (Å²) < 4.78 is 34.8. The van der Waals surface area contributed by atoms with Crippen LogP contribution in [0.15, 0.2) is 39.0 Å². The number of aryl methyl sites for hydroxylation is 1. The van der Waals surface area contributed by atoms with Crippen LogP contribution >= 0.6 is 11.3 Å². The second-order valence-electron chi connectivity index (χ2n) is 5.15. The number of aromatic nitrogens is 3. The highest BCUT2D eigenvalue weighted by molar-refractivity contribution is 7.92. The second kappa shape index (κ2) is 7.22. The highest BCUT2D eigenvalue weighted by Gasteiger charge is 2.21. The number of nitrogens with zero attached hydrogens (tertiary/aromatic N) is 3. The molecule has 26 heavy (non-hydrogen) atoms. The molecular weight excluding hydrogens is 380 g/mol. The molecule has 1 aromatic carbocycles. The molecule has 2 aromatic heterocycles. The number of anilines is 1. The molecule has 3 rings (SSSR count). The molecule has 0 saturated carbocycles. The zero-order chi connectivity index (χ0) is 18.7. The van der Waals surface area contributed by atoms with Crippen molar-refractivity contribution in [2.75, 3.05) is 18.2 Å². The van der Waals surface area contributed by atoms with Gasteiger partial charge in [-0.15, -0.1) is 16.4 Å². The molecule has 0 aliphatic rings. The number of sulfone groups is 1. The summed E-state index contributed by atoms with van der Waals surface area (Å²) in [4.78, 5) is 16.2. The van der Waals surface area contributed by atoms with Crippen LogP contribution in [0.3, 0.4) is 0 Å². The number of ether oxygens (including phenoxy) is 1. The SMILES string of the molecule is COc1ccc(S(=O)(=O)CC(=O)Nc2nnc(-c3csc(C)n3)o2)cc1. The van der Waals surface area contributed by atoms with Gasteiger partial charge in [0.25, 0.3) is 5.89 Å². The van der Waals surface area contributed by atoms with Gasteiger partial charge >= 0.3 is 6.01 Å². The van der Waals surface area contributed by atoms with Crippen LogP contribution in [0.25, 0.3) is 11.6 Å². The maximum Gasteiger partial charge on any atom is 0.322 e. The van der Waals surface area contributed by atoms with Crippen molar-refractivity contribution in [2.24, 2.45) is 0 Å². The second-order valence-corrected chi connectivity index (χ2v) is 8.20. The molecule has 0 aliphatic carbocycles. The summed E-state index contributed by atoms with van der Waals surface area (Å²) in [6.07, 6.45) is 0. The molecule has 0 saturated heterocycles. The number of thiazole rings is 1. The summed E-state index contributed by atoms with van der Waals surface area (Å²) in [6, 6.07) is 5.56. The molecular formula is C15H14N4O5S2. The number of carbonyl (C=O) groups is 1. The van der Waals surface area contributed by atoms with E-state index in [4.69, 9.17) is 9.15 Å². The Morgan fingerprint density at radius 3 is 2.62 bits per heavy atom. The predicted molar refractivity (Wildman–Crippen MR) is 93.8 cm³/mol. The summed E-state index contributed by atoms with van der Waals surface area (Å²) in [6.45, 7) is 1.83. The number of hydrogen-bond donors (Lipinski definition) is 1. The first kappa shape index (κ1) is 18.0. The fourth-order valence-corrected chi connectivity index (χ4v) is 3.75. The molecule has 136 valence electrons. The van der Waals surface area contributed by atoms with E-state index in [1.54, 1.807) is 5.38 Å². The lowest BCUT2D eigenvalue weighted by atomic mass is 10.3. The van der Waals surface area contributed by atoms with Crippen molar-refractivity contribution in [3.63, 3.8) is 0 Å². The maximum atomic E-state index is 12.3. The Morgan fingerprint density at radius 1 is 1.27 bits per heavy atom. The number of amides is 1. The lowest BCUT2D eigenvalue weighted by Crippen LogP contribution is -2.23. The van der Waals surface area contributed by atoms with E-state index < -0.39 is 21.5 Å². The molecule has 0 fully saturated rings. The van der Waals surface area contributed by atoms with E-state index in [1.165, 1.54) is 42.7 Å². The Kier molecular flexibility index (Phi) is 5.00. The lowest BCUT2D eigenvalue weighted by Gasteiger charge is -2.05. The number of nitrogens with one attached hydrogen (secondary N) is 1. The predicted octanol–water partition coefficient (Wildman–Crippen LogP) is 1.92. The fourth-order valence-electron chi connectivity index (χ4n) is 2.03. The monoisotopic (exact) mass is 394 g/mol. The van der Waals surface area contributed by atoms with Crippen molar-refractivity contribution in [3.05, 3.63) is 34.7 Å². The number of rotatable bonds is 6. The minimum absolute atomic E-state index is 0.0117. The average molecular weight is 394 g/mol. The third-order valence-electron chi connectivity index (χ3n) is 3.25. The lowest BCUT2D eigenvalue weighted by molar-refractivity contribution is -0.114. The molecule has 0 radical (unpaired) electrons. The molecule has 2 heterocycles. The van der Waals surface area contributed by atoms with E-state index in [2.05, 4.69) is 20.5 Å². The van der Waals surface area contributed by atoms with Gasteiger partial charge < -0.3 is 9.15 Å². The van der Waals surface area contributed by atoms with Crippen LogP contribution in [-0.4, -0.2) is 42.4 Å². The summed E-state index contributed by atoms with van der Waals surface area (Å²) in [5.74, 6) is -0.885. The van der Waals surface area contributed by atoms with Crippen LogP contribution in [0.4, 0.5) is 6.01 Å². The molecule has 11 heteroatoms. The van der Waals surface area contributed by atoms with Crippen molar-refractivity contribution in [3.8, 4) is 17.3 Å². The first-order chi connectivity index (χ1) is 12.4. The topological polar surface area (TPSA) is 124 Å². The van der Waals surface area contributed by atoms with E-state index in [1.807, 2.05) is 6.92 Å². The quantitative estimate of drug-likeness (QED) is 0.672. The minimum Gasteiger partial charge on any atom is -0.497 e. The van der Waals surface area contributed by atoms with Gasteiger partial charge in [-0.05, 0) is 31.2 Å². The maximum absolute atomic E-state index is 12.3. The fraction of sp³-hybridized carbons (Fsp3) is 0.200. The molecule has 0 aliphatic heterocycles. The van der Waals surface area contributed by atoms with Crippen molar-refractivity contribution >= 4 is 33.1 Å². The summed E-state index contributed by atoms with van der Waals surface area (Å²) >= 11 is 1.42. The van der Waals surface area contributed by atoms with Gasteiger partial charge in [0.2, 0.25) is 5.91 Å². The Bertz CT molecular complexity index is 1020. The van der Waals surface area contributed by atoms with E-state index >= 15 is 0 Å². The van der Waals surface area contributed by atoms with Gasteiger partial charge in [-0.2, -0.15) is 0 Å². The highest BCUT2D eigenvalue weighted by Crippen LogP contribution is 2.22. The van der Waals surface area contributed by atoms with Gasteiger partial charge in [-0.25, -0.2) is 13.4 Å². The van der Waals surface area contributed by atoms with Crippen LogP contribution in [0.1, 0.15) is 5.01 Å². The van der Waals surface area contributed by atoms with E-state index in [9.17, 15) is 13.2 Å². The van der Waals surface area contributed by atoms with Gasteiger partial charge in [0.15, 0.2) is 9.84 Å². The molecule has 1 N–H and O–H groups in total. The van der Waals surface area contributed by atoms with E-state index in [0.717, 1.165) is 5.01 Å². The Hall–Kier alpha value is -2.79. The standard InChI is InChI=1S/C15H14N4O5S2/c1-9-16-12(7-25-9)14-18-19-15(24-14)17-13(20)8-26(21,22)11-5-3-10(23-2)4-6-11/h3-7H,8H2,1-2H3,(H,17,19,20). The molecule has 1 amide bonds. The summed E-state index contributed by atoms with van der Waals surface area (Å²) in [5, 5.41) is 12.3. The number of benzene rings is 1.